The molecule has 128 valence electrons. The van der Waals surface area contributed by atoms with Crippen molar-refractivity contribution in [2.45, 2.75) is 32.5 Å². The normalized spacial score (nSPS) is 15.0. The van der Waals surface area contributed by atoms with Crippen molar-refractivity contribution < 1.29 is 9.53 Å². The number of nitriles is 1. The van der Waals surface area contributed by atoms with E-state index >= 15 is 0 Å². The Hall–Kier alpha value is -2.62. The van der Waals surface area contributed by atoms with E-state index in [1.165, 1.54) is 0 Å². The zero-order valence-electron chi connectivity index (χ0n) is 13.9. The molecule has 0 bridgehead atoms. The molecule has 25 heavy (non-hydrogen) atoms. The topological polar surface area (TPSA) is 87.0 Å². The Morgan fingerprint density at radius 2 is 2.16 bits per heavy atom. The third-order valence-corrected chi connectivity index (χ3v) is 4.07. The molecule has 0 aliphatic carbocycles. The number of halogens is 1. The number of amides is 2. The number of benzene rings is 1. The second kappa shape index (κ2) is 6.71. The maximum Gasteiger partial charge on any atom is 0.324 e. The third kappa shape index (κ3) is 4.08. The van der Waals surface area contributed by atoms with Gasteiger partial charge >= 0.3 is 6.03 Å². The summed E-state index contributed by atoms with van der Waals surface area (Å²) in [5.74, 6) is 0.235. The first-order valence-corrected chi connectivity index (χ1v) is 8.14. The molecule has 0 saturated heterocycles. The average Bonchev–Trinajstić information content (AvgIpc) is 2.53. The van der Waals surface area contributed by atoms with Gasteiger partial charge in [0, 0.05) is 22.7 Å². The first-order valence-electron chi connectivity index (χ1n) is 7.77. The van der Waals surface area contributed by atoms with E-state index in [1.54, 1.807) is 30.3 Å². The molecule has 2 aromatic rings. The molecular formula is C18H17ClN4O2. The van der Waals surface area contributed by atoms with Crippen LogP contribution in [0.4, 0.5) is 16.3 Å². The fourth-order valence-electron chi connectivity index (χ4n) is 2.61. The highest BCUT2D eigenvalue weighted by Gasteiger charge is 2.28. The zero-order chi connectivity index (χ0) is 18.0. The molecule has 0 saturated carbocycles. The highest BCUT2D eigenvalue weighted by molar-refractivity contribution is 6.30. The fourth-order valence-corrected chi connectivity index (χ4v) is 2.81. The van der Waals surface area contributed by atoms with Gasteiger partial charge in [0.2, 0.25) is 0 Å². The SMILES string of the molecule is CC1(C)Cc2nc(NC(=O)Nc3cccc(Cl)c3)c(C#N)cc2CO1. The van der Waals surface area contributed by atoms with Crippen LogP contribution in [0, 0.1) is 11.3 Å². The molecule has 1 aromatic carbocycles. The van der Waals surface area contributed by atoms with Crippen LogP contribution in [0.5, 0.6) is 0 Å². The summed E-state index contributed by atoms with van der Waals surface area (Å²) in [4.78, 5) is 16.7. The minimum absolute atomic E-state index is 0.235. The number of pyridine rings is 1. The van der Waals surface area contributed by atoms with E-state index in [4.69, 9.17) is 16.3 Å². The number of hydrogen-bond acceptors (Lipinski definition) is 4. The number of fused-ring (bicyclic) bond motifs is 1. The Balaban J connectivity index is 1.82. The number of hydrogen-bond donors (Lipinski definition) is 2. The van der Waals surface area contributed by atoms with Crippen molar-refractivity contribution in [2.75, 3.05) is 10.6 Å². The van der Waals surface area contributed by atoms with E-state index in [0.29, 0.717) is 29.3 Å². The lowest BCUT2D eigenvalue weighted by Crippen LogP contribution is -2.33. The van der Waals surface area contributed by atoms with Gasteiger partial charge < -0.3 is 10.1 Å². The summed E-state index contributed by atoms with van der Waals surface area (Å²) in [6, 6.07) is 10.1. The summed E-state index contributed by atoms with van der Waals surface area (Å²) in [5.41, 5.74) is 2.22. The minimum atomic E-state index is -0.488. The molecule has 2 amide bonds. The van der Waals surface area contributed by atoms with Crippen molar-refractivity contribution in [1.29, 1.82) is 5.26 Å². The summed E-state index contributed by atoms with van der Waals surface area (Å²) in [6.45, 7) is 4.36. The molecule has 3 rings (SSSR count). The summed E-state index contributed by atoms with van der Waals surface area (Å²) in [6.07, 6.45) is 0.610. The van der Waals surface area contributed by atoms with Gasteiger partial charge in [-0.1, -0.05) is 17.7 Å². The Morgan fingerprint density at radius 3 is 2.88 bits per heavy atom. The standard InChI is InChI=1S/C18H17ClN4O2/c1-18(2)8-15-12(10-25-18)6-11(9-20)16(22-15)23-17(24)21-14-5-3-4-13(19)7-14/h3-7H,8,10H2,1-2H3,(H2,21,22,23,24). The molecule has 1 aromatic heterocycles. The second-order valence-electron chi connectivity index (χ2n) is 6.42. The maximum absolute atomic E-state index is 12.2. The van der Waals surface area contributed by atoms with Crippen LogP contribution in [-0.4, -0.2) is 16.6 Å². The number of carbonyl (C=O) groups excluding carboxylic acids is 1. The molecule has 1 aliphatic rings. The lowest BCUT2D eigenvalue weighted by Gasteiger charge is -2.31. The van der Waals surface area contributed by atoms with Gasteiger partial charge in [0.1, 0.15) is 6.07 Å². The Bertz CT molecular complexity index is 874. The number of nitrogens with zero attached hydrogens (tertiary/aromatic N) is 2. The van der Waals surface area contributed by atoms with Gasteiger partial charge in [-0.25, -0.2) is 9.78 Å². The van der Waals surface area contributed by atoms with E-state index in [2.05, 4.69) is 21.7 Å². The summed E-state index contributed by atoms with van der Waals surface area (Å²) in [5, 5.41) is 15.2. The highest BCUT2D eigenvalue weighted by Crippen LogP contribution is 2.29. The van der Waals surface area contributed by atoms with Crippen molar-refractivity contribution in [2.24, 2.45) is 0 Å². The van der Waals surface area contributed by atoms with Crippen LogP contribution >= 0.6 is 11.6 Å². The van der Waals surface area contributed by atoms with Crippen LogP contribution in [0.3, 0.4) is 0 Å². The zero-order valence-corrected chi connectivity index (χ0v) is 14.6. The van der Waals surface area contributed by atoms with Gasteiger partial charge in [-0.3, -0.25) is 5.32 Å². The number of carbonyl (C=O) groups is 1. The van der Waals surface area contributed by atoms with E-state index in [1.807, 2.05) is 13.8 Å². The van der Waals surface area contributed by atoms with Crippen LogP contribution < -0.4 is 10.6 Å². The van der Waals surface area contributed by atoms with Gasteiger partial charge in [-0.05, 0) is 38.1 Å². The third-order valence-electron chi connectivity index (χ3n) is 3.84. The predicted octanol–water partition coefficient (Wildman–Crippen LogP) is 4.10. The smallest absolute Gasteiger partial charge is 0.324 e. The van der Waals surface area contributed by atoms with E-state index < -0.39 is 6.03 Å². The lowest BCUT2D eigenvalue weighted by atomic mass is 9.95. The van der Waals surface area contributed by atoms with E-state index in [-0.39, 0.29) is 11.4 Å². The number of urea groups is 1. The highest BCUT2D eigenvalue weighted by atomic mass is 35.5. The molecule has 0 spiro atoms. The quantitative estimate of drug-likeness (QED) is 0.847. The first-order chi connectivity index (χ1) is 11.9. The molecule has 0 radical (unpaired) electrons. The van der Waals surface area contributed by atoms with Gasteiger partial charge in [0.15, 0.2) is 5.82 Å². The van der Waals surface area contributed by atoms with E-state index in [0.717, 1.165) is 11.3 Å². The molecule has 6 nitrogen and oxygen atoms in total. The van der Waals surface area contributed by atoms with Crippen LogP contribution in [0.25, 0.3) is 0 Å². The fraction of sp³-hybridized carbons (Fsp3) is 0.278. The molecule has 7 heteroatoms. The van der Waals surface area contributed by atoms with Gasteiger partial charge in [0.05, 0.1) is 23.5 Å². The Kier molecular flexibility index (Phi) is 4.62. The second-order valence-corrected chi connectivity index (χ2v) is 6.85. The Labute approximate surface area is 150 Å². The summed E-state index contributed by atoms with van der Waals surface area (Å²) < 4.78 is 5.74. The Morgan fingerprint density at radius 1 is 1.36 bits per heavy atom. The van der Waals surface area contributed by atoms with Gasteiger partial charge in [-0.2, -0.15) is 5.26 Å². The van der Waals surface area contributed by atoms with Crippen LogP contribution in [0.1, 0.15) is 30.7 Å². The monoisotopic (exact) mass is 356 g/mol. The average molecular weight is 357 g/mol. The molecule has 0 unspecified atom stereocenters. The van der Waals surface area contributed by atoms with Crippen molar-refractivity contribution in [3.8, 4) is 6.07 Å². The molecule has 1 aliphatic heterocycles. The number of aromatic nitrogens is 1. The van der Waals surface area contributed by atoms with Crippen LogP contribution in [0.15, 0.2) is 30.3 Å². The number of rotatable bonds is 2. The van der Waals surface area contributed by atoms with Crippen LogP contribution in [0.2, 0.25) is 5.02 Å². The minimum Gasteiger partial charge on any atom is -0.370 e. The number of anilines is 2. The molecule has 0 fully saturated rings. The number of ether oxygens (including phenoxy) is 1. The van der Waals surface area contributed by atoms with E-state index in [9.17, 15) is 10.1 Å². The first kappa shape index (κ1) is 17.2. The van der Waals surface area contributed by atoms with Crippen molar-refractivity contribution in [1.82, 2.24) is 4.98 Å². The predicted molar refractivity (Wildman–Crippen MR) is 95.6 cm³/mol. The largest absolute Gasteiger partial charge is 0.370 e. The lowest BCUT2D eigenvalue weighted by molar-refractivity contribution is -0.0412. The van der Waals surface area contributed by atoms with Gasteiger partial charge in [-0.15, -0.1) is 0 Å². The van der Waals surface area contributed by atoms with Crippen molar-refractivity contribution >= 4 is 29.1 Å². The summed E-state index contributed by atoms with van der Waals surface area (Å²) in [7, 11) is 0. The molecule has 2 N–H and O–H groups in total. The van der Waals surface area contributed by atoms with Crippen molar-refractivity contribution in [3.05, 3.63) is 52.2 Å². The van der Waals surface area contributed by atoms with Crippen LogP contribution in [-0.2, 0) is 17.8 Å². The van der Waals surface area contributed by atoms with Gasteiger partial charge in [0.25, 0.3) is 0 Å². The molecule has 0 atom stereocenters. The molecule has 2 heterocycles. The number of nitrogens with one attached hydrogen (secondary N) is 2. The maximum atomic E-state index is 12.2. The van der Waals surface area contributed by atoms with Crippen molar-refractivity contribution in [3.63, 3.8) is 0 Å². The summed E-state index contributed by atoms with van der Waals surface area (Å²) >= 11 is 5.90. The molecular weight excluding hydrogens is 340 g/mol.